The van der Waals surface area contributed by atoms with Crippen molar-refractivity contribution < 1.29 is 4.42 Å². The largest absolute Gasteiger partial charge is 0.459 e. The van der Waals surface area contributed by atoms with Gasteiger partial charge in [0.25, 0.3) is 0 Å². The van der Waals surface area contributed by atoms with E-state index in [1.807, 2.05) is 30.5 Å². The Morgan fingerprint density at radius 1 is 1.13 bits per heavy atom. The number of aryl methyl sites for hydroxylation is 1. The monoisotopic (exact) mass is 420 g/mol. The fourth-order valence-electron chi connectivity index (χ4n) is 3.84. The molecule has 0 saturated carbocycles. The van der Waals surface area contributed by atoms with Gasteiger partial charge in [-0.3, -0.25) is 0 Å². The topological polar surface area (TPSA) is 68.9 Å². The molecule has 164 valence electrons. The summed E-state index contributed by atoms with van der Waals surface area (Å²) < 4.78 is 6.02. The molecular weight excluding hydrogens is 388 g/mol. The minimum atomic E-state index is 0.592. The number of fused-ring (bicyclic) bond motifs is 1. The van der Waals surface area contributed by atoms with Crippen molar-refractivity contribution in [2.45, 2.75) is 26.9 Å². The highest BCUT2D eigenvalue weighted by atomic mass is 16.3. The van der Waals surface area contributed by atoms with Crippen LogP contribution in [0.5, 0.6) is 0 Å². The van der Waals surface area contributed by atoms with E-state index in [0.717, 1.165) is 66.8 Å². The van der Waals surface area contributed by atoms with Crippen molar-refractivity contribution in [3.63, 3.8) is 0 Å². The number of pyridine rings is 1. The third-order valence-electron chi connectivity index (χ3n) is 5.76. The fraction of sp³-hybridized carbons (Fsp3) is 0.417. The Morgan fingerprint density at radius 2 is 1.94 bits per heavy atom. The molecule has 0 bridgehead atoms. The third kappa shape index (κ3) is 5.17. The summed E-state index contributed by atoms with van der Waals surface area (Å²) in [5, 5.41) is 7.89. The summed E-state index contributed by atoms with van der Waals surface area (Å²) in [6.45, 7) is 10.3. The van der Waals surface area contributed by atoms with Crippen LogP contribution in [-0.4, -0.2) is 55.6 Å². The first-order valence-corrected chi connectivity index (χ1v) is 11.0. The Morgan fingerprint density at radius 3 is 2.71 bits per heavy atom. The number of benzene rings is 1. The molecule has 1 aliphatic heterocycles. The van der Waals surface area contributed by atoms with E-state index < -0.39 is 0 Å². The zero-order valence-electron chi connectivity index (χ0n) is 18.7. The van der Waals surface area contributed by atoms with E-state index in [-0.39, 0.29) is 0 Å². The van der Waals surface area contributed by atoms with E-state index in [1.54, 1.807) is 0 Å². The zero-order valence-corrected chi connectivity index (χ0v) is 18.7. The molecule has 2 aromatic heterocycles. The zero-order chi connectivity index (χ0) is 21.6. The molecule has 2 N–H and O–H groups in total. The highest BCUT2D eigenvalue weighted by Crippen LogP contribution is 2.24. The average molecular weight is 421 g/mol. The van der Waals surface area contributed by atoms with Crippen LogP contribution in [-0.2, 0) is 13.1 Å². The summed E-state index contributed by atoms with van der Waals surface area (Å²) in [5.74, 6) is 2.75. The molecule has 4 rings (SSSR count). The van der Waals surface area contributed by atoms with Crippen LogP contribution in [0.15, 0.2) is 52.0 Å². The molecule has 1 aromatic carbocycles. The van der Waals surface area contributed by atoms with Crippen LogP contribution in [0.1, 0.15) is 23.8 Å². The van der Waals surface area contributed by atoms with Crippen molar-refractivity contribution in [2.24, 2.45) is 4.99 Å². The Kier molecular flexibility index (Phi) is 6.72. The van der Waals surface area contributed by atoms with Gasteiger partial charge in [-0.25, -0.2) is 9.98 Å². The van der Waals surface area contributed by atoms with Gasteiger partial charge in [0.15, 0.2) is 5.96 Å². The van der Waals surface area contributed by atoms with Crippen molar-refractivity contribution in [1.82, 2.24) is 20.5 Å². The number of piperazine rings is 1. The lowest BCUT2D eigenvalue weighted by Crippen LogP contribution is -2.44. The average Bonchev–Trinajstić information content (AvgIpc) is 3.12. The molecule has 3 aromatic rings. The van der Waals surface area contributed by atoms with Crippen molar-refractivity contribution in [1.29, 1.82) is 0 Å². The number of anilines is 1. The smallest absolute Gasteiger partial charge is 0.191 e. The normalized spacial score (nSPS) is 15.5. The van der Waals surface area contributed by atoms with Crippen LogP contribution in [0.25, 0.3) is 11.0 Å². The van der Waals surface area contributed by atoms with E-state index in [2.05, 4.69) is 58.4 Å². The molecule has 31 heavy (non-hydrogen) atoms. The Hall–Kier alpha value is -3.06. The second kappa shape index (κ2) is 9.83. The standard InChI is InChI=1S/C24H32N6O/c1-4-25-24(28-17-22-18(2)20-7-5-6-8-21(20)31-22)27-16-19-9-10-26-23(15-19)30-13-11-29(3)12-14-30/h5-10,15H,4,11-14,16-17H2,1-3H3,(H2,25,27,28). The van der Waals surface area contributed by atoms with Crippen LogP contribution in [0.4, 0.5) is 5.82 Å². The number of aromatic nitrogens is 1. The second-order valence-corrected chi connectivity index (χ2v) is 8.01. The SMILES string of the molecule is CCNC(=NCc1ccnc(N2CCN(C)CC2)c1)NCc1oc2ccccc2c1C. The Labute approximate surface area is 184 Å². The van der Waals surface area contributed by atoms with E-state index in [4.69, 9.17) is 9.41 Å². The van der Waals surface area contributed by atoms with Gasteiger partial charge in [0.2, 0.25) is 0 Å². The quantitative estimate of drug-likeness (QED) is 0.472. The van der Waals surface area contributed by atoms with E-state index in [0.29, 0.717) is 13.1 Å². The highest BCUT2D eigenvalue weighted by molar-refractivity contribution is 5.83. The number of nitrogens with one attached hydrogen (secondary N) is 2. The van der Waals surface area contributed by atoms with Crippen molar-refractivity contribution in [3.05, 3.63) is 59.5 Å². The molecule has 1 fully saturated rings. The van der Waals surface area contributed by atoms with Gasteiger partial charge < -0.3 is 24.9 Å². The van der Waals surface area contributed by atoms with Gasteiger partial charge in [-0.05, 0) is 44.7 Å². The van der Waals surface area contributed by atoms with Crippen LogP contribution in [0, 0.1) is 6.92 Å². The number of guanidine groups is 1. The van der Waals surface area contributed by atoms with Crippen LogP contribution >= 0.6 is 0 Å². The maximum Gasteiger partial charge on any atom is 0.191 e. The minimum absolute atomic E-state index is 0.592. The number of furan rings is 1. The number of likely N-dealkylation sites (N-methyl/N-ethyl adjacent to an activating group) is 1. The van der Waals surface area contributed by atoms with Gasteiger partial charge in [-0.15, -0.1) is 0 Å². The molecule has 0 amide bonds. The van der Waals surface area contributed by atoms with Crippen molar-refractivity contribution in [2.75, 3.05) is 44.7 Å². The number of aliphatic imine (C=N–C) groups is 1. The van der Waals surface area contributed by atoms with Crippen LogP contribution in [0.3, 0.4) is 0 Å². The van der Waals surface area contributed by atoms with Gasteiger partial charge in [0, 0.05) is 49.9 Å². The molecule has 0 unspecified atom stereocenters. The number of nitrogens with zero attached hydrogens (tertiary/aromatic N) is 4. The first-order valence-electron chi connectivity index (χ1n) is 11.0. The summed E-state index contributed by atoms with van der Waals surface area (Å²) in [4.78, 5) is 14.1. The summed E-state index contributed by atoms with van der Waals surface area (Å²) in [5.41, 5.74) is 3.25. The predicted molar refractivity (Wildman–Crippen MR) is 127 cm³/mol. The van der Waals surface area contributed by atoms with Gasteiger partial charge in [0.1, 0.15) is 17.2 Å². The fourth-order valence-corrected chi connectivity index (χ4v) is 3.84. The van der Waals surface area contributed by atoms with Crippen molar-refractivity contribution >= 4 is 22.7 Å². The van der Waals surface area contributed by atoms with Crippen LogP contribution < -0.4 is 15.5 Å². The Bertz CT molecular complexity index is 1040. The van der Waals surface area contributed by atoms with Crippen molar-refractivity contribution in [3.8, 4) is 0 Å². The summed E-state index contributed by atoms with van der Waals surface area (Å²) in [6.07, 6.45) is 1.89. The lowest BCUT2D eigenvalue weighted by molar-refractivity contribution is 0.312. The summed E-state index contributed by atoms with van der Waals surface area (Å²) >= 11 is 0. The van der Waals surface area contributed by atoms with E-state index in [9.17, 15) is 0 Å². The first kappa shape index (κ1) is 21.2. The molecule has 0 spiro atoms. The summed E-state index contributed by atoms with van der Waals surface area (Å²) in [7, 11) is 2.16. The molecule has 7 nitrogen and oxygen atoms in total. The summed E-state index contributed by atoms with van der Waals surface area (Å²) in [6, 6.07) is 12.3. The molecular formula is C24H32N6O. The van der Waals surface area contributed by atoms with E-state index >= 15 is 0 Å². The molecule has 1 saturated heterocycles. The lowest BCUT2D eigenvalue weighted by atomic mass is 10.1. The molecule has 0 radical (unpaired) electrons. The van der Waals surface area contributed by atoms with Gasteiger partial charge >= 0.3 is 0 Å². The first-order chi connectivity index (χ1) is 15.1. The van der Waals surface area contributed by atoms with Gasteiger partial charge in [-0.1, -0.05) is 18.2 Å². The maximum absolute atomic E-state index is 6.02. The third-order valence-corrected chi connectivity index (χ3v) is 5.76. The predicted octanol–water partition coefficient (Wildman–Crippen LogP) is 3.14. The van der Waals surface area contributed by atoms with Gasteiger partial charge in [0.05, 0.1) is 13.1 Å². The number of hydrogen-bond donors (Lipinski definition) is 2. The maximum atomic E-state index is 6.02. The molecule has 0 atom stereocenters. The lowest BCUT2D eigenvalue weighted by Gasteiger charge is -2.33. The second-order valence-electron chi connectivity index (χ2n) is 8.01. The molecule has 7 heteroatoms. The number of para-hydroxylation sites is 1. The molecule has 3 heterocycles. The number of hydrogen-bond acceptors (Lipinski definition) is 5. The van der Waals surface area contributed by atoms with Crippen LogP contribution in [0.2, 0.25) is 0 Å². The number of rotatable bonds is 6. The minimum Gasteiger partial charge on any atom is -0.459 e. The van der Waals surface area contributed by atoms with Gasteiger partial charge in [-0.2, -0.15) is 0 Å². The molecule has 1 aliphatic rings. The molecule has 0 aliphatic carbocycles. The highest BCUT2D eigenvalue weighted by Gasteiger charge is 2.15. The van der Waals surface area contributed by atoms with E-state index in [1.165, 1.54) is 5.56 Å². The Balaban J connectivity index is 1.41.